The summed E-state index contributed by atoms with van der Waals surface area (Å²) in [5, 5.41) is 22.6. The third kappa shape index (κ3) is 2.40. The number of carboxylic acids is 1. The SMILES string of the molecule is Cc1ccc2c(c1)=C(c1sc(=S)n([C@@H](C)C(=O)[O-])c1O)C(=O)N=2. The third-order valence-corrected chi connectivity index (χ3v) is 5.04. The zero-order valence-electron chi connectivity index (χ0n) is 12.2. The van der Waals surface area contributed by atoms with Crippen LogP contribution in [0.25, 0.3) is 5.57 Å². The monoisotopic (exact) mass is 347 g/mol. The maximum Gasteiger partial charge on any atom is 0.279 e. The van der Waals surface area contributed by atoms with E-state index in [2.05, 4.69) is 4.99 Å². The first kappa shape index (κ1) is 15.6. The molecule has 1 aliphatic heterocycles. The van der Waals surface area contributed by atoms with Gasteiger partial charge < -0.3 is 15.0 Å². The van der Waals surface area contributed by atoms with Gasteiger partial charge in [-0.3, -0.25) is 9.36 Å². The van der Waals surface area contributed by atoms with E-state index in [9.17, 15) is 19.8 Å². The van der Waals surface area contributed by atoms with Crippen LogP contribution in [-0.4, -0.2) is 21.6 Å². The van der Waals surface area contributed by atoms with Crippen LogP contribution in [0.4, 0.5) is 0 Å². The quantitative estimate of drug-likeness (QED) is 0.787. The number of nitrogens with zero attached hydrogens (tertiary/aromatic N) is 2. The van der Waals surface area contributed by atoms with E-state index in [-0.39, 0.29) is 20.3 Å². The van der Waals surface area contributed by atoms with Gasteiger partial charge in [-0.15, -0.1) is 11.3 Å². The van der Waals surface area contributed by atoms with Gasteiger partial charge in [-0.2, -0.15) is 0 Å². The number of carbonyl (C=O) groups excluding carboxylic acids is 2. The molecule has 0 spiro atoms. The molecule has 0 radical (unpaired) electrons. The molecule has 1 aromatic carbocycles. The summed E-state index contributed by atoms with van der Waals surface area (Å²) in [6, 6.07) is 4.22. The highest BCUT2D eigenvalue weighted by Crippen LogP contribution is 2.34. The number of rotatable bonds is 3. The Hall–Kier alpha value is -2.32. The molecule has 0 unspecified atom stereocenters. The van der Waals surface area contributed by atoms with Crippen LogP contribution in [-0.2, 0) is 9.59 Å². The minimum absolute atomic E-state index is 0.149. The number of benzene rings is 1. The number of hydrogen-bond acceptors (Lipinski definition) is 6. The summed E-state index contributed by atoms with van der Waals surface area (Å²) in [4.78, 5) is 27.5. The molecule has 0 saturated heterocycles. The highest BCUT2D eigenvalue weighted by atomic mass is 32.1. The first-order valence-corrected chi connectivity index (χ1v) is 7.93. The van der Waals surface area contributed by atoms with Crippen molar-refractivity contribution in [3.05, 3.63) is 43.2 Å². The fourth-order valence-electron chi connectivity index (χ4n) is 2.44. The molecule has 1 N–H and O–H groups in total. The van der Waals surface area contributed by atoms with Gasteiger partial charge in [0.05, 0.1) is 22.9 Å². The summed E-state index contributed by atoms with van der Waals surface area (Å²) in [5.74, 6) is -2.21. The Morgan fingerprint density at radius 2 is 2.17 bits per heavy atom. The maximum absolute atomic E-state index is 12.2. The zero-order chi connectivity index (χ0) is 16.9. The van der Waals surface area contributed by atoms with Crippen LogP contribution in [0, 0.1) is 10.9 Å². The topological polar surface area (TPSA) is 94.7 Å². The number of aromatic nitrogens is 1. The second-order valence-corrected chi connectivity index (χ2v) is 6.84. The normalized spacial score (nSPS) is 14.5. The Morgan fingerprint density at radius 1 is 1.48 bits per heavy atom. The second kappa shape index (κ2) is 5.39. The lowest BCUT2D eigenvalue weighted by atomic mass is 10.1. The summed E-state index contributed by atoms with van der Waals surface area (Å²) in [7, 11) is 0. The van der Waals surface area contributed by atoms with Crippen molar-refractivity contribution in [1.29, 1.82) is 0 Å². The Balaban J connectivity index is 2.33. The number of amides is 1. The van der Waals surface area contributed by atoms with Crippen LogP contribution >= 0.6 is 23.6 Å². The van der Waals surface area contributed by atoms with Crippen LogP contribution < -0.4 is 15.7 Å². The van der Waals surface area contributed by atoms with Crippen molar-refractivity contribution in [3.63, 3.8) is 0 Å². The second-order valence-electron chi connectivity index (χ2n) is 5.20. The van der Waals surface area contributed by atoms with Gasteiger partial charge in [0, 0.05) is 5.22 Å². The number of fused-ring (bicyclic) bond motifs is 1. The molecule has 3 rings (SSSR count). The number of hydrogen-bond donors (Lipinski definition) is 1. The van der Waals surface area contributed by atoms with Crippen LogP contribution in [0.5, 0.6) is 5.88 Å². The van der Waals surface area contributed by atoms with Gasteiger partial charge in [-0.1, -0.05) is 11.6 Å². The van der Waals surface area contributed by atoms with Gasteiger partial charge in [0.25, 0.3) is 5.91 Å². The average Bonchev–Trinajstić information content (AvgIpc) is 2.94. The molecule has 0 saturated carbocycles. The highest BCUT2D eigenvalue weighted by Gasteiger charge is 2.26. The average molecular weight is 347 g/mol. The van der Waals surface area contributed by atoms with E-state index in [4.69, 9.17) is 12.2 Å². The summed E-state index contributed by atoms with van der Waals surface area (Å²) in [6.07, 6.45) is 0. The van der Waals surface area contributed by atoms with E-state index >= 15 is 0 Å². The molecule has 8 heteroatoms. The number of aromatic hydroxyl groups is 1. The Labute approximate surface area is 139 Å². The number of aliphatic carboxylic acids is 1. The number of carbonyl (C=O) groups is 2. The van der Waals surface area contributed by atoms with Crippen LogP contribution in [0.3, 0.4) is 0 Å². The van der Waals surface area contributed by atoms with Gasteiger partial charge in [-0.25, -0.2) is 4.99 Å². The van der Waals surface area contributed by atoms with Gasteiger partial charge in [0.1, 0.15) is 4.88 Å². The molecule has 1 atom stereocenters. The molecule has 1 aliphatic rings. The molecule has 2 heterocycles. The summed E-state index contributed by atoms with van der Waals surface area (Å²) in [6.45, 7) is 3.23. The molecular formula is C15H11N2O4S2-. The van der Waals surface area contributed by atoms with Gasteiger partial charge in [0.15, 0.2) is 3.95 Å². The first-order chi connectivity index (χ1) is 10.8. The standard InChI is InChI=1S/C15H12N2O4S2/c1-6-3-4-9-8(5-6)10(12(18)16-9)11-13(19)17(15(22)23-11)7(2)14(20)21/h3-5,7,19H,1-2H3,(H,20,21)/p-1/t7-/m0/s1. The zero-order valence-corrected chi connectivity index (χ0v) is 13.8. The fourth-order valence-corrected chi connectivity index (χ4v) is 3.94. The smallest absolute Gasteiger partial charge is 0.279 e. The Morgan fingerprint density at radius 3 is 2.83 bits per heavy atom. The van der Waals surface area contributed by atoms with E-state index in [1.54, 1.807) is 12.1 Å². The largest absolute Gasteiger partial charge is 0.548 e. The summed E-state index contributed by atoms with van der Waals surface area (Å²) < 4.78 is 1.22. The predicted molar refractivity (Wildman–Crippen MR) is 84.0 cm³/mol. The first-order valence-electron chi connectivity index (χ1n) is 6.71. The molecule has 6 nitrogen and oxygen atoms in total. The number of carboxylic acid groups (broad SMARTS) is 1. The number of thiazole rings is 1. The lowest BCUT2D eigenvalue weighted by Crippen LogP contribution is -2.31. The van der Waals surface area contributed by atoms with Crippen molar-refractivity contribution in [2.75, 3.05) is 0 Å². The van der Waals surface area contributed by atoms with Crippen molar-refractivity contribution in [2.24, 2.45) is 4.99 Å². The molecule has 0 aliphatic carbocycles. The lowest BCUT2D eigenvalue weighted by molar-refractivity contribution is -0.309. The van der Waals surface area contributed by atoms with Crippen molar-refractivity contribution in [2.45, 2.75) is 19.9 Å². The van der Waals surface area contributed by atoms with E-state index in [0.29, 0.717) is 10.6 Å². The molecule has 2 aromatic rings. The minimum atomic E-state index is -1.37. The molecule has 118 valence electrons. The van der Waals surface area contributed by atoms with E-state index in [1.807, 2.05) is 13.0 Å². The number of aryl methyl sites for hydroxylation is 1. The van der Waals surface area contributed by atoms with Gasteiger partial charge in [-0.05, 0) is 38.2 Å². The molecule has 0 bridgehead atoms. The van der Waals surface area contributed by atoms with E-state index < -0.39 is 17.9 Å². The fraction of sp³-hybridized carbons (Fsp3) is 0.200. The van der Waals surface area contributed by atoms with E-state index in [0.717, 1.165) is 21.5 Å². The minimum Gasteiger partial charge on any atom is -0.548 e. The summed E-state index contributed by atoms with van der Waals surface area (Å²) >= 11 is 6.11. The highest BCUT2D eigenvalue weighted by molar-refractivity contribution is 7.73. The van der Waals surface area contributed by atoms with Gasteiger partial charge in [0.2, 0.25) is 5.88 Å². The molecule has 1 amide bonds. The Kier molecular flexibility index (Phi) is 3.65. The molecule has 1 aromatic heterocycles. The molecule has 23 heavy (non-hydrogen) atoms. The van der Waals surface area contributed by atoms with Crippen molar-refractivity contribution >= 4 is 41.0 Å². The van der Waals surface area contributed by atoms with E-state index in [1.165, 1.54) is 6.92 Å². The van der Waals surface area contributed by atoms with Crippen molar-refractivity contribution in [1.82, 2.24) is 4.57 Å². The van der Waals surface area contributed by atoms with Crippen LogP contribution in [0.1, 0.15) is 23.4 Å². The summed E-state index contributed by atoms with van der Waals surface area (Å²) in [5.41, 5.74) is 1.18. The van der Waals surface area contributed by atoms with Crippen molar-refractivity contribution in [3.8, 4) is 5.88 Å². The van der Waals surface area contributed by atoms with Crippen molar-refractivity contribution < 1.29 is 19.8 Å². The maximum atomic E-state index is 12.2. The predicted octanol–water partition coefficient (Wildman–Crippen LogP) is -0.0372. The van der Waals surface area contributed by atoms with Crippen LogP contribution in [0.2, 0.25) is 0 Å². The Bertz CT molecular complexity index is 1030. The van der Waals surface area contributed by atoms with Crippen LogP contribution in [0.15, 0.2) is 23.2 Å². The third-order valence-electron chi connectivity index (χ3n) is 3.63. The lowest BCUT2D eigenvalue weighted by Gasteiger charge is -2.15. The van der Waals surface area contributed by atoms with Gasteiger partial charge >= 0.3 is 0 Å². The molecular weight excluding hydrogens is 336 g/mol. The molecule has 0 fully saturated rings.